The highest BCUT2D eigenvalue weighted by Gasteiger charge is 2.09. The third-order valence-corrected chi connectivity index (χ3v) is 1.40. The van der Waals surface area contributed by atoms with Gasteiger partial charge in [-0.3, -0.25) is 0 Å². The number of aromatic carboxylic acids is 1. The van der Waals surface area contributed by atoms with Crippen LogP contribution in [0.5, 0.6) is 0 Å². The van der Waals surface area contributed by atoms with E-state index in [1.54, 1.807) is 14.0 Å². The second-order valence-corrected chi connectivity index (χ2v) is 2.28. The molecule has 1 aromatic heterocycles. The Morgan fingerprint density at radius 2 is 2.33 bits per heavy atom. The van der Waals surface area contributed by atoms with Crippen LogP contribution in [0, 0.1) is 6.92 Å². The summed E-state index contributed by atoms with van der Waals surface area (Å²) in [6, 6.07) is 0. The number of aryl methyl sites for hydroxylation is 1. The predicted octanol–water partition coefficient (Wildman–Crippen LogP) is 0.525. The van der Waals surface area contributed by atoms with Crippen LogP contribution in [0.15, 0.2) is 6.20 Å². The lowest BCUT2D eigenvalue weighted by atomic mass is 10.2. The van der Waals surface area contributed by atoms with Gasteiger partial charge in [-0.1, -0.05) is 0 Å². The predicted molar refractivity (Wildman–Crippen MR) is 43.3 cm³/mol. The molecular weight excluding hydrogens is 158 g/mol. The summed E-state index contributed by atoms with van der Waals surface area (Å²) in [5, 5.41) is 11.3. The minimum Gasteiger partial charge on any atom is -0.476 e. The van der Waals surface area contributed by atoms with Crippen molar-refractivity contribution in [2.45, 2.75) is 6.92 Å². The van der Waals surface area contributed by atoms with Crippen LogP contribution in [0.2, 0.25) is 0 Å². The van der Waals surface area contributed by atoms with Gasteiger partial charge in [-0.15, -0.1) is 0 Å². The topological polar surface area (TPSA) is 75.1 Å². The van der Waals surface area contributed by atoms with Crippen molar-refractivity contribution in [2.24, 2.45) is 0 Å². The minimum atomic E-state index is -1.04. The van der Waals surface area contributed by atoms with E-state index in [1.807, 2.05) is 0 Å². The lowest BCUT2D eigenvalue weighted by Gasteiger charge is -2.01. The highest BCUT2D eigenvalue weighted by molar-refractivity contribution is 5.87. The van der Waals surface area contributed by atoms with Gasteiger partial charge in [-0.05, 0) is 6.92 Å². The Labute approximate surface area is 69.5 Å². The molecule has 0 radical (unpaired) electrons. The quantitative estimate of drug-likeness (QED) is 0.671. The van der Waals surface area contributed by atoms with Gasteiger partial charge in [0, 0.05) is 18.8 Å². The van der Waals surface area contributed by atoms with Crippen molar-refractivity contribution in [2.75, 3.05) is 12.4 Å². The second-order valence-electron chi connectivity index (χ2n) is 2.28. The molecule has 0 aromatic carbocycles. The molecule has 0 atom stereocenters. The van der Waals surface area contributed by atoms with E-state index >= 15 is 0 Å². The van der Waals surface area contributed by atoms with Gasteiger partial charge < -0.3 is 10.4 Å². The highest BCUT2D eigenvalue weighted by atomic mass is 16.4. The summed E-state index contributed by atoms with van der Waals surface area (Å²) in [4.78, 5) is 18.2. The summed E-state index contributed by atoms with van der Waals surface area (Å²) in [5.41, 5.74) is 0.593. The molecule has 1 rings (SSSR count). The number of carboxylic acids is 1. The Kier molecular flexibility index (Phi) is 2.23. The Morgan fingerprint density at radius 1 is 1.67 bits per heavy atom. The van der Waals surface area contributed by atoms with E-state index < -0.39 is 5.97 Å². The van der Waals surface area contributed by atoms with Gasteiger partial charge in [0.05, 0.1) is 0 Å². The third kappa shape index (κ3) is 1.50. The van der Waals surface area contributed by atoms with E-state index in [4.69, 9.17) is 5.11 Å². The molecular formula is C7H9N3O2. The third-order valence-electron chi connectivity index (χ3n) is 1.40. The fourth-order valence-electron chi connectivity index (χ4n) is 0.779. The summed E-state index contributed by atoms with van der Waals surface area (Å²) < 4.78 is 0. The summed E-state index contributed by atoms with van der Waals surface area (Å²) in [5.74, 6) is -0.718. The summed E-state index contributed by atoms with van der Waals surface area (Å²) >= 11 is 0. The number of hydrogen-bond donors (Lipinski definition) is 2. The fraction of sp³-hybridized carbons (Fsp3) is 0.286. The Balaban J connectivity index is 3.17. The zero-order valence-corrected chi connectivity index (χ0v) is 6.83. The van der Waals surface area contributed by atoms with Gasteiger partial charge in [-0.2, -0.15) is 0 Å². The zero-order chi connectivity index (χ0) is 9.14. The molecule has 0 amide bonds. The van der Waals surface area contributed by atoms with Gasteiger partial charge >= 0.3 is 5.97 Å². The SMILES string of the molecule is CNc1ncc(C)c(C(=O)O)n1. The van der Waals surface area contributed by atoms with Crippen LogP contribution in [0.25, 0.3) is 0 Å². The molecule has 1 aromatic rings. The average molecular weight is 167 g/mol. The maximum absolute atomic E-state index is 10.6. The van der Waals surface area contributed by atoms with Crippen molar-refractivity contribution in [1.82, 2.24) is 9.97 Å². The second kappa shape index (κ2) is 3.17. The van der Waals surface area contributed by atoms with Crippen LogP contribution in [-0.2, 0) is 0 Å². The van der Waals surface area contributed by atoms with E-state index in [0.29, 0.717) is 11.5 Å². The number of aromatic nitrogens is 2. The first-order valence-corrected chi connectivity index (χ1v) is 3.40. The zero-order valence-electron chi connectivity index (χ0n) is 6.83. The molecule has 0 fully saturated rings. The fourth-order valence-corrected chi connectivity index (χ4v) is 0.779. The lowest BCUT2D eigenvalue weighted by molar-refractivity contribution is 0.0689. The van der Waals surface area contributed by atoms with Gasteiger partial charge in [0.15, 0.2) is 5.69 Å². The van der Waals surface area contributed by atoms with Crippen LogP contribution in [0.1, 0.15) is 16.1 Å². The molecule has 0 aliphatic rings. The number of carboxylic acid groups (broad SMARTS) is 1. The maximum atomic E-state index is 10.6. The van der Waals surface area contributed by atoms with Crippen LogP contribution in [0.4, 0.5) is 5.95 Å². The molecule has 5 heteroatoms. The number of hydrogen-bond acceptors (Lipinski definition) is 4. The first kappa shape index (κ1) is 8.45. The Bertz CT molecular complexity index is 312. The lowest BCUT2D eigenvalue weighted by Crippen LogP contribution is -2.07. The van der Waals surface area contributed by atoms with Gasteiger partial charge in [0.25, 0.3) is 0 Å². The van der Waals surface area contributed by atoms with Crippen molar-refractivity contribution >= 4 is 11.9 Å². The minimum absolute atomic E-state index is 0.0364. The average Bonchev–Trinajstić information content (AvgIpc) is 2.05. The van der Waals surface area contributed by atoms with E-state index in [-0.39, 0.29) is 5.69 Å². The molecule has 0 spiro atoms. The number of nitrogens with one attached hydrogen (secondary N) is 1. The van der Waals surface area contributed by atoms with E-state index in [0.717, 1.165) is 0 Å². The first-order valence-electron chi connectivity index (χ1n) is 3.40. The van der Waals surface area contributed by atoms with Crippen LogP contribution >= 0.6 is 0 Å². The molecule has 0 aliphatic carbocycles. The molecule has 0 saturated heterocycles. The molecule has 0 unspecified atom stereocenters. The highest BCUT2D eigenvalue weighted by Crippen LogP contribution is 2.05. The largest absolute Gasteiger partial charge is 0.476 e. The number of rotatable bonds is 2. The van der Waals surface area contributed by atoms with Crippen molar-refractivity contribution in [3.05, 3.63) is 17.5 Å². The monoisotopic (exact) mass is 167 g/mol. The van der Waals surface area contributed by atoms with E-state index in [9.17, 15) is 4.79 Å². The molecule has 12 heavy (non-hydrogen) atoms. The van der Waals surface area contributed by atoms with Crippen molar-refractivity contribution in [1.29, 1.82) is 0 Å². The summed E-state index contributed by atoms with van der Waals surface area (Å²) in [6.07, 6.45) is 1.47. The van der Waals surface area contributed by atoms with Gasteiger partial charge in [0.2, 0.25) is 5.95 Å². The summed E-state index contributed by atoms with van der Waals surface area (Å²) in [6.45, 7) is 1.66. The Hall–Kier alpha value is -1.65. The van der Waals surface area contributed by atoms with Crippen LogP contribution in [0.3, 0.4) is 0 Å². The number of anilines is 1. The molecule has 0 aliphatic heterocycles. The van der Waals surface area contributed by atoms with Crippen LogP contribution in [-0.4, -0.2) is 28.1 Å². The first-order chi connectivity index (χ1) is 5.65. The molecule has 0 bridgehead atoms. The molecule has 2 N–H and O–H groups in total. The standard InChI is InChI=1S/C7H9N3O2/c1-4-3-9-7(8-2)10-5(4)6(11)12/h3H,1-2H3,(H,11,12)(H,8,9,10). The number of nitrogens with zero attached hydrogens (tertiary/aromatic N) is 2. The normalized spacial score (nSPS) is 9.50. The van der Waals surface area contributed by atoms with E-state index in [2.05, 4.69) is 15.3 Å². The smallest absolute Gasteiger partial charge is 0.354 e. The Morgan fingerprint density at radius 3 is 2.83 bits per heavy atom. The van der Waals surface area contributed by atoms with Crippen molar-refractivity contribution in [3.63, 3.8) is 0 Å². The van der Waals surface area contributed by atoms with Gasteiger partial charge in [-0.25, -0.2) is 14.8 Å². The van der Waals surface area contributed by atoms with E-state index in [1.165, 1.54) is 6.20 Å². The van der Waals surface area contributed by atoms with Crippen LogP contribution < -0.4 is 5.32 Å². The van der Waals surface area contributed by atoms with Crippen molar-refractivity contribution in [3.8, 4) is 0 Å². The van der Waals surface area contributed by atoms with Gasteiger partial charge in [0.1, 0.15) is 0 Å². The maximum Gasteiger partial charge on any atom is 0.354 e. The molecule has 64 valence electrons. The summed E-state index contributed by atoms with van der Waals surface area (Å²) in [7, 11) is 1.64. The molecule has 1 heterocycles. The molecule has 0 saturated carbocycles. The molecule has 5 nitrogen and oxygen atoms in total. The van der Waals surface area contributed by atoms with Crippen molar-refractivity contribution < 1.29 is 9.90 Å². The number of carbonyl (C=O) groups is 1.